The van der Waals surface area contributed by atoms with Crippen LogP contribution in [0.2, 0.25) is 0 Å². The molecule has 1 rings (SSSR count). The second-order valence-electron chi connectivity index (χ2n) is 4.10. The lowest BCUT2D eigenvalue weighted by atomic mass is 10.2. The molecule has 0 amide bonds. The van der Waals surface area contributed by atoms with Gasteiger partial charge >= 0.3 is 5.97 Å². The Balaban J connectivity index is 3.13. The highest BCUT2D eigenvalue weighted by atomic mass is 32.2. The van der Waals surface area contributed by atoms with Crippen LogP contribution in [0, 0.1) is 6.92 Å². The number of carboxylic acids is 1. The van der Waals surface area contributed by atoms with E-state index in [0.717, 1.165) is 5.56 Å². The van der Waals surface area contributed by atoms with E-state index in [1.165, 1.54) is 26.0 Å². The van der Waals surface area contributed by atoms with Crippen molar-refractivity contribution in [1.82, 2.24) is 4.72 Å². The van der Waals surface area contributed by atoms with E-state index in [2.05, 4.69) is 4.72 Å². The number of aliphatic carboxylic acids is 1. The predicted octanol–water partition coefficient (Wildman–Crippen LogP) is 1.65. The normalized spacial score (nSPS) is 10.8. The number of carboxylic acid groups (broad SMARTS) is 1. The molecule has 5 nitrogen and oxygen atoms in total. The molecule has 0 fully saturated rings. The van der Waals surface area contributed by atoms with Crippen LogP contribution in [-0.2, 0) is 14.8 Å². The van der Waals surface area contributed by atoms with Crippen LogP contribution in [-0.4, -0.2) is 19.5 Å². The van der Waals surface area contributed by atoms with E-state index in [1.807, 2.05) is 6.92 Å². The predicted molar refractivity (Wildman–Crippen MR) is 67.5 cm³/mol. The van der Waals surface area contributed by atoms with Crippen molar-refractivity contribution in [2.75, 3.05) is 0 Å². The molecule has 98 valence electrons. The number of nitrogens with one attached hydrogen (secondary N) is 1. The average Bonchev–Trinajstić information content (AvgIpc) is 2.26. The van der Waals surface area contributed by atoms with Crippen LogP contribution in [0.3, 0.4) is 0 Å². The fourth-order valence-corrected chi connectivity index (χ4v) is 2.44. The largest absolute Gasteiger partial charge is 0.477 e. The molecular formula is C12H15NO4S. The van der Waals surface area contributed by atoms with Gasteiger partial charge in [0.2, 0.25) is 0 Å². The molecule has 0 radical (unpaired) electrons. The number of hydrogen-bond donors (Lipinski definition) is 2. The molecule has 0 aliphatic heterocycles. The zero-order valence-electron chi connectivity index (χ0n) is 10.4. The van der Waals surface area contributed by atoms with Crippen LogP contribution in [0.5, 0.6) is 0 Å². The monoisotopic (exact) mass is 269 g/mol. The Kier molecular flexibility index (Phi) is 4.13. The first-order chi connectivity index (χ1) is 8.24. The number of sulfonamides is 1. The Morgan fingerprint density at radius 3 is 2.06 bits per heavy atom. The molecule has 18 heavy (non-hydrogen) atoms. The molecule has 0 unspecified atom stereocenters. The summed E-state index contributed by atoms with van der Waals surface area (Å²) in [7, 11) is -3.85. The van der Waals surface area contributed by atoms with Gasteiger partial charge in [0.05, 0.1) is 4.90 Å². The zero-order valence-corrected chi connectivity index (χ0v) is 11.2. The quantitative estimate of drug-likeness (QED) is 0.814. The van der Waals surface area contributed by atoms with Crippen LogP contribution >= 0.6 is 0 Å². The van der Waals surface area contributed by atoms with Gasteiger partial charge in [-0.25, -0.2) is 13.2 Å². The minimum atomic E-state index is -3.85. The average molecular weight is 269 g/mol. The molecular weight excluding hydrogens is 254 g/mol. The number of benzene rings is 1. The molecule has 0 saturated carbocycles. The number of rotatable bonds is 4. The summed E-state index contributed by atoms with van der Waals surface area (Å²) >= 11 is 0. The van der Waals surface area contributed by atoms with Gasteiger partial charge in [0.15, 0.2) is 0 Å². The summed E-state index contributed by atoms with van der Waals surface area (Å²) in [5, 5.41) is 8.91. The van der Waals surface area contributed by atoms with E-state index < -0.39 is 16.0 Å². The van der Waals surface area contributed by atoms with Crippen LogP contribution in [0.25, 0.3) is 0 Å². The van der Waals surface area contributed by atoms with Gasteiger partial charge in [-0.05, 0) is 38.5 Å². The van der Waals surface area contributed by atoms with E-state index in [4.69, 9.17) is 5.11 Å². The van der Waals surface area contributed by atoms with Crippen LogP contribution < -0.4 is 4.72 Å². The molecule has 0 atom stereocenters. The van der Waals surface area contributed by atoms with E-state index in [9.17, 15) is 13.2 Å². The first-order valence-corrected chi connectivity index (χ1v) is 6.72. The lowest BCUT2D eigenvalue weighted by Gasteiger charge is -2.10. The third kappa shape index (κ3) is 3.33. The molecule has 0 aliphatic carbocycles. The molecule has 0 aliphatic rings. The van der Waals surface area contributed by atoms with Crippen molar-refractivity contribution in [1.29, 1.82) is 0 Å². The summed E-state index contributed by atoms with van der Waals surface area (Å²) in [5.74, 6) is -1.30. The molecule has 0 saturated heterocycles. The van der Waals surface area contributed by atoms with Crippen molar-refractivity contribution >= 4 is 16.0 Å². The van der Waals surface area contributed by atoms with E-state index in [1.54, 1.807) is 12.1 Å². The molecule has 0 spiro atoms. The SMILES string of the molecule is CC(C)=C(NS(=O)(=O)c1ccc(C)cc1)C(=O)O. The standard InChI is InChI=1S/C12H15NO4S/c1-8(2)11(12(14)15)13-18(16,17)10-6-4-9(3)5-7-10/h4-7,13H,1-3H3,(H,14,15). The van der Waals surface area contributed by atoms with Crippen LogP contribution in [0.1, 0.15) is 19.4 Å². The van der Waals surface area contributed by atoms with Gasteiger partial charge in [-0.1, -0.05) is 17.7 Å². The number of hydrogen-bond acceptors (Lipinski definition) is 3. The maximum absolute atomic E-state index is 12.0. The zero-order chi connectivity index (χ0) is 13.9. The van der Waals surface area contributed by atoms with Crippen LogP contribution in [0.4, 0.5) is 0 Å². The molecule has 1 aromatic rings. The van der Waals surface area contributed by atoms with Gasteiger partial charge in [-0.2, -0.15) is 0 Å². The summed E-state index contributed by atoms with van der Waals surface area (Å²) in [4.78, 5) is 11.0. The van der Waals surface area contributed by atoms with E-state index in [-0.39, 0.29) is 10.6 Å². The topological polar surface area (TPSA) is 83.5 Å². The van der Waals surface area contributed by atoms with Crippen molar-refractivity contribution in [2.24, 2.45) is 0 Å². The van der Waals surface area contributed by atoms with Gasteiger partial charge in [-0.15, -0.1) is 0 Å². The third-order valence-electron chi connectivity index (χ3n) is 2.28. The summed E-state index contributed by atoms with van der Waals surface area (Å²) in [6.45, 7) is 4.89. The maximum atomic E-state index is 12.0. The fraction of sp³-hybridized carbons (Fsp3) is 0.250. The Hall–Kier alpha value is -1.82. The molecule has 6 heteroatoms. The first-order valence-electron chi connectivity index (χ1n) is 5.24. The number of allylic oxidation sites excluding steroid dienone is 1. The molecule has 2 N–H and O–H groups in total. The van der Waals surface area contributed by atoms with Crippen molar-refractivity contribution in [3.8, 4) is 0 Å². The van der Waals surface area contributed by atoms with Crippen molar-refractivity contribution in [3.63, 3.8) is 0 Å². The van der Waals surface area contributed by atoms with Crippen molar-refractivity contribution in [2.45, 2.75) is 25.7 Å². The van der Waals surface area contributed by atoms with Gasteiger partial charge in [0.1, 0.15) is 5.70 Å². The Morgan fingerprint density at radius 1 is 1.17 bits per heavy atom. The van der Waals surface area contributed by atoms with E-state index in [0.29, 0.717) is 5.57 Å². The van der Waals surface area contributed by atoms with Gasteiger partial charge in [0.25, 0.3) is 10.0 Å². The summed E-state index contributed by atoms with van der Waals surface area (Å²) in [6, 6.07) is 6.17. The summed E-state index contributed by atoms with van der Waals surface area (Å²) in [6.07, 6.45) is 0. The van der Waals surface area contributed by atoms with Crippen LogP contribution in [0.15, 0.2) is 40.4 Å². The van der Waals surface area contributed by atoms with Gasteiger partial charge in [0, 0.05) is 0 Å². The summed E-state index contributed by atoms with van der Waals surface area (Å²) in [5.41, 5.74) is 0.989. The minimum Gasteiger partial charge on any atom is -0.477 e. The smallest absolute Gasteiger partial charge is 0.352 e. The summed E-state index contributed by atoms with van der Waals surface area (Å²) < 4.78 is 26.0. The highest BCUT2D eigenvalue weighted by molar-refractivity contribution is 7.89. The fourth-order valence-electron chi connectivity index (χ4n) is 1.27. The molecule has 1 aromatic carbocycles. The van der Waals surface area contributed by atoms with Crippen molar-refractivity contribution < 1.29 is 18.3 Å². The van der Waals surface area contributed by atoms with Gasteiger partial charge < -0.3 is 5.11 Å². The second kappa shape index (κ2) is 5.22. The lowest BCUT2D eigenvalue weighted by molar-refractivity contribution is -0.132. The third-order valence-corrected chi connectivity index (χ3v) is 3.65. The number of carbonyl (C=O) groups is 1. The maximum Gasteiger partial charge on any atom is 0.352 e. The van der Waals surface area contributed by atoms with Crippen molar-refractivity contribution in [3.05, 3.63) is 41.1 Å². The highest BCUT2D eigenvalue weighted by Gasteiger charge is 2.19. The minimum absolute atomic E-state index is 0.0353. The first kappa shape index (κ1) is 14.2. The van der Waals surface area contributed by atoms with E-state index >= 15 is 0 Å². The Morgan fingerprint density at radius 2 is 1.67 bits per heavy atom. The highest BCUT2D eigenvalue weighted by Crippen LogP contribution is 2.12. The second-order valence-corrected chi connectivity index (χ2v) is 5.78. The lowest BCUT2D eigenvalue weighted by Crippen LogP contribution is -2.28. The Bertz CT molecular complexity index is 581. The molecule has 0 bridgehead atoms. The number of aryl methyl sites for hydroxylation is 1. The molecule has 0 aromatic heterocycles. The van der Waals surface area contributed by atoms with Gasteiger partial charge in [-0.3, -0.25) is 4.72 Å². The Labute approximate surface area is 106 Å². The molecule has 0 heterocycles.